The number of nitrogens with two attached hydrogens (primary N) is 1. The summed E-state index contributed by atoms with van der Waals surface area (Å²) < 4.78 is 0. The van der Waals surface area contributed by atoms with E-state index in [1.165, 1.54) is 0 Å². The standard InChI is InChI=1S/C3H9NO.HNO3/c1-3(5)2-4;2-1(3)4/h3,5H,2,4H2,1H3;(H,2,3,4). The first kappa shape index (κ1) is 11.0. The second-order valence-corrected chi connectivity index (χ2v) is 1.32. The Morgan fingerprint density at radius 2 is 2.00 bits per heavy atom. The fourth-order valence-electron chi connectivity index (χ4n) is 0. The van der Waals surface area contributed by atoms with E-state index in [9.17, 15) is 0 Å². The summed E-state index contributed by atoms with van der Waals surface area (Å²) in [5.74, 6) is 0. The fraction of sp³-hybridized carbons (Fsp3) is 1.00. The van der Waals surface area contributed by atoms with Crippen LogP contribution in [0.5, 0.6) is 0 Å². The summed E-state index contributed by atoms with van der Waals surface area (Å²) in [7, 11) is 0. The number of aliphatic hydroxyl groups is 1. The zero-order valence-corrected chi connectivity index (χ0v) is 5.02. The summed E-state index contributed by atoms with van der Waals surface area (Å²) in [4.78, 5) is 8.36. The van der Waals surface area contributed by atoms with Crippen molar-refractivity contribution in [3.63, 3.8) is 0 Å². The van der Waals surface area contributed by atoms with Gasteiger partial charge in [0.25, 0.3) is 5.09 Å². The van der Waals surface area contributed by atoms with Crippen LogP contribution in [0.15, 0.2) is 0 Å². The van der Waals surface area contributed by atoms with Crippen LogP contribution in [0.1, 0.15) is 6.92 Å². The van der Waals surface area contributed by atoms with Gasteiger partial charge in [-0.1, -0.05) is 0 Å². The van der Waals surface area contributed by atoms with Crippen molar-refractivity contribution in [3.8, 4) is 0 Å². The van der Waals surface area contributed by atoms with Crippen molar-refractivity contribution in [2.45, 2.75) is 13.0 Å². The molecule has 1 atom stereocenters. The first-order valence-corrected chi connectivity index (χ1v) is 2.22. The highest BCUT2D eigenvalue weighted by Gasteiger charge is 1.81. The number of hydrogen-bond acceptors (Lipinski definition) is 4. The molecule has 0 aromatic rings. The average Bonchev–Trinajstić information content (AvgIpc) is 1.65. The third-order valence-electron chi connectivity index (χ3n) is 0.341. The van der Waals surface area contributed by atoms with Crippen LogP contribution in [0.25, 0.3) is 0 Å². The van der Waals surface area contributed by atoms with Gasteiger partial charge in [0.2, 0.25) is 0 Å². The van der Waals surface area contributed by atoms with Gasteiger partial charge in [0.1, 0.15) is 0 Å². The molecule has 0 aromatic carbocycles. The van der Waals surface area contributed by atoms with Crippen molar-refractivity contribution in [3.05, 3.63) is 10.1 Å². The highest BCUT2D eigenvalue weighted by molar-refractivity contribution is 4.40. The third kappa shape index (κ3) is 149. The molecule has 56 valence electrons. The molecule has 0 radical (unpaired) electrons. The van der Waals surface area contributed by atoms with Crippen LogP contribution in [0.2, 0.25) is 0 Å². The minimum absolute atomic E-state index is 0.338. The summed E-state index contributed by atoms with van der Waals surface area (Å²) >= 11 is 0. The minimum atomic E-state index is -1.50. The predicted octanol–water partition coefficient (Wildman–Crippen LogP) is -1.02. The third-order valence-corrected chi connectivity index (χ3v) is 0.341. The molecule has 9 heavy (non-hydrogen) atoms. The molecule has 0 aliphatic heterocycles. The molecule has 0 fully saturated rings. The molecule has 1 unspecified atom stereocenters. The van der Waals surface area contributed by atoms with Gasteiger partial charge >= 0.3 is 0 Å². The lowest BCUT2D eigenvalue weighted by Crippen LogP contribution is -2.14. The monoisotopic (exact) mass is 138 g/mol. The zero-order valence-electron chi connectivity index (χ0n) is 5.02. The van der Waals surface area contributed by atoms with Gasteiger partial charge in [-0.3, -0.25) is 0 Å². The summed E-state index contributed by atoms with van der Waals surface area (Å²) in [5.41, 5.74) is 4.92. The van der Waals surface area contributed by atoms with Crippen molar-refractivity contribution in [2.24, 2.45) is 5.73 Å². The van der Waals surface area contributed by atoms with Gasteiger partial charge in [-0.15, -0.1) is 10.1 Å². The molecule has 6 nitrogen and oxygen atoms in total. The Bertz CT molecular complexity index is 70.2. The van der Waals surface area contributed by atoms with E-state index in [1.807, 2.05) is 0 Å². The number of nitrogens with zero attached hydrogens (tertiary/aromatic N) is 1. The van der Waals surface area contributed by atoms with Gasteiger partial charge in [-0.25, -0.2) is 0 Å². The Balaban J connectivity index is 0. The van der Waals surface area contributed by atoms with Crippen LogP contribution < -0.4 is 5.73 Å². The lowest BCUT2D eigenvalue weighted by molar-refractivity contribution is -0.742. The summed E-state index contributed by atoms with van der Waals surface area (Å²) in [5, 5.41) is 21.9. The van der Waals surface area contributed by atoms with Crippen LogP contribution in [0.4, 0.5) is 0 Å². The molecule has 0 spiro atoms. The van der Waals surface area contributed by atoms with E-state index in [0.717, 1.165) is 0 Å². The molecular weight excluding hydrogens is 128 g/mol. The first-order chi connectivity index (χ1) is 4.00. The molecular formula is C3H10N2O4. The molecule has 4 N–H and O–H groups in total. The number of hydrogen-bond donors (Lipinski definition) is 3. The second kappa shape index (κ2) is 7.12. The molecule has 0 saturated heterocycles. The quantitative estimate of drug-likeness (QED) is 0.317. The molecule has 0 bridgehead atoms. The van der Waals surface area contributed by atoms with E-state index >= 15 is 0 Å². The van der Waals surface area contributed by atoms with E-state index in [0.29, 0.717) is 6.54 Å². The molecule has 0 amide bonds. The van der Waals surface area contributed by atoms with Crippen molar-refractivity contribution < 1.29 is 15.4 Å². The van der Waals surface area contributed by atoms with Crippen LogP contribution in [-0.4, -0.2) is 28.0 Å². The maximum absolute atomic E-state index is 8.36. The Labute approximate surface area is 52.0 Å². The van der Waals surface area contributed by atoms with E-state index in [-0.39, 0.29) is 6.10 Å². The van der Waals surface area contributed by atoms with E-state index in [4.69, 9.17) is 26.2 Å². The summed E-state index contributed by atoms with van der Waals surface area (Å²) in [6.07, 6.45) is -0.338. The smallest absolute Gasteiger partial charge is 0.291 e. The van der Waals surface area contributed by atoms with Crippen molar-refractivity contribution in [2.75, 3.05) is 6.54 Å². The van der Waals surface area contributed by atoms with Gasteiger partial charge in [0.15, 0.2) is 0 Å². The fourth-order valence-corrected chi connectivity index (χ4v) is 0. The van der Waals surface area contributed by atoms with Gasteiger partial charge in [-0.2, -0.15) is 0 Å². The zero-order chi connectivity index (χ0) is 7.86. The highest BCUT2D eigenvalue weighted by Crippen LogP contribution is 1.65. The predicted molar refractivity (Wildman–Crippen MR) is 29.5 cm³/mol. The van der Waals surface area contributed by atoms with Gasteiger partial charge in [-0.05, 0) is 6.92 Å². The Hall–Kier alpha value is -0.880. The molecule has 0 saturated carbocycles. The lowest BCUT2D eigenvalue weighted by Gasteiger charge is -1.91. The molecule has 0 rings (SSSR count). The van der Waals surface area contributed by atoms with Crippen LogP contribution in [-0.2, 0) is 0 Å². The maximum atomic E-state index is 8.36. The Morgan fingerprint density at radius 1 is 1.89 bits per heavy atom. The second-order valence-electron chi connectivity index (χ2n) is 1.32. The van der Waals surface area contributed by atoms with E-state index in [2.05, 4.69) is 0 Å². The van der Waals surface area contributed by atoms with E-state index in [1.54, 1.807) is 6.92 Å². The van der Waals surface area contributed by atoms with E-state index < -0.39 is 5.09 Å². The van der Waals surface area contributed by atoms with Crippen molar-refractivity contribution in [1.82, 2.24) is 0 Å². The molecule has 0 aromatic heterocycles. The van der Waals surface area contributed by atoms with Crippen LogP contribution in [0, 0.1) is 10.1 Å². The minimum Gasteiger partial charge on any atom is -0.392 e. The first-order valence-electron chi connectivity index (χ1n) is 2.22. The van der Waals surface area contributed by atoms with Crippen LogP contribution >= 0.6 is 0 Å². The molecule has 6 heteroatoms. The van der Waals surface area contributed by atoms with Gasteiger partial charge in [0, 0.05) is 6.54 Å². The van der Waals surface area contributed by atoms with Gasteiger partial charge in [0.05, 0.1) is 6.10 Å². The van der Waals surface area contributed by atoms with Crippen molar-refractivity contribution >= 4 is 0 Å². The largest absolute Gasteiger partial charge is 0.392 e. The topological polar surface area (TPSA) is 110 Å². The normalized spacial score (nSPS) is 11.0. The maximum Gasteiger partial charge on any atom is 0.291 e. The summed E-state index contributed by atoms with van der Waals surface area (Å²) in [6, 6.07) is 0. The van der Waals surface area contributed by atoms with Crippen molar-refractivity contribution in [1.29, 1.82) is 0 Å². The molecule has 0 heterocycles. The average molecular weight is 138 g/mol. The van der Waals surface area contributed by atoms with Gasteiger partial charge < -0.3 is 16.0 Å². The Kier molecular flexibility index (Phi) is 8.69. The molecule has 0 aliphatic carbocycles. The summed E-state index contributed by atoms with van der Waals surface area (Å²) in [6.45, 7) is 2.01. The number of aliphatic hydroxyl groups excluding tert-OH is 1. The lowest BCUT2D eigenvalue weighted by atomic mass is 10.4. The highest BCUT2D eigenvalue weighted by atomic mass is 16.9. The number of rotatable bonds is 1. The SMILES string of the molecule is CC(O)CN.O=[N+]([O-])O. The Morgan fingerprint density at radius 3 is 2.00 bits per heavy atom. The molecule has 0 aliphatic rings. The van der Waals surface area contributed by atoms with Crippen LogP contribution in [0.3, 0.4) is 0 Å².